The van der Waals surface area contributed by atoms with Gasteiger partial charge in [0.2, 0.25) is 0 Å². The average Bonchev–Trinajstić information content (AvgIpc) is 3.04. The maximum absolute atomic E-state index is 6.70. The highest BCUT2D eigenvalue weighted by molar-refractivity contribution is 6.97. The zero-order valence-electron chi connectivity index (χ0n) is 23.8. The van der Waals surface area contributed by atoms with Crippen molar-refractivity contribution in [2.75, 3.05) is 4.90 Å². The van der Waals surface area contributed by atoms with Gasteiger partial charge in [-0.05, 0) is 64.2 Å². The third kappa shape index (κ3) is 3.75. The highest BCUT2D eigenvalue weighted by atomic mass is 16.5. The number of benzene rings is 5. The number of rotatable bonds is 3. The zero-order chi connectivity index (χ0) is 28.3. The molecule has 0 aliphatic carbocycles. The van der Waals surface area contributed by atoms with E-state index >= 15 is 0 Å². The third-order valence-electron chi connectivity index (χ3n) is 9.08. The molecule has 1 N–H and O–H groups in total. The Labute approximate surface area is 247 Å². The first-order valence-corrected chi connectivity index (χ1v) is 14.7. The van der Waals surface area contributed by atoms with Crippen molar-refractivity contribution < 1.29 is 4.74 Å². The molecule has 1 unspecified atom stereocenters. The van der Waals surface area contributed by atoms with Gasteiger partial charge in [-0.3, -0.25) is 0 Å². The molecule has 4 heteroatoms. The molecule has 0 spiro atoms. The van der Waals surface area contributed by atoms with Crippen LogP contribution < -0.4 is 31.3 Å². The molecule has 0 bridgehead atoms. The van der Waals surface area contributed by atoms with Crippen molar-refractivity contribution in [3.8, 4) is 11.5 Å². The first-order valence-electron chi connectivity index (χ1n) is 14.7. The van der Waals surface area contributed by atoms with Crippen LogP contribution in [-0.2, 0) is 5.41 Å². The highest BCUT2D eigenvalue weighted by Gasteiger charge is 2.38. The number of hydrogen-bond donors (Lipinski definition) is 1. The molecule has 202 valence electrons. The lowest BCUT2D eigenvalue weighted by atomic mass is 9.35. The Bertz CT molecular complexity index is 1860. The maximum Gasteiger partial charge on any atom is 0.251 e. The van der Waals surface area contributed by atoms with Crippen molar-refractivity contribution in [3.63, 3.8) is 0 Å². The van der Waals surface area contributed by atoms with Gasteiger partial charge < -0.3 is 15.0 Å². The van der Waals surface area contributed by atoms with Crippen molar-refractivity contribution in [1.29, 1.82) is 0 Å². The lowest BCUT2D eigenvalue weighted by molar-refractivity contribution is 0.487. The van der Waals surface area contributed by atoms with E-state index in [4.69, 9.17) is 4.74 Å². The minimum Gasteiger partial charge on any atom is -0.458 e. The number of nitrogens with one attached hydrogen (secondary N) is 1. The maximum atomic E-state index is 6.70. The Morgan fingerprint density at radius 1 is 0.667 bits per heavy atom. The highest BCUT2D eigenvalue weighted by Crippen LogP contribution is 2.51. The van der Waals surface area contributed by atoms with Crippen molar-refractivity contribution in [2.24, 2.45) is 0 Å². The van der Waals surface area contributed by atoms with E-state index in [1.165, 1.54) is 44.5 Å². The summed E-state index contributed by atoms with van der Waals surface area (Å²) in [6.07, 6.45) is 8.40. The van der Waals surface area contributed by atoms with Crippen molar-refractivity contribution >= 4 is 40.2 Å². The van der Waals surface area contributed by atoms with Gasteiger partial charge in [-0.1, -0.05) is 116 Å². The van der Waals surface area contributed by atoms with Gasteiger partial charge in [0.1, 0.15) is 11.5 Å². The molecule has 3 aliphatic rings. The molecule has 8 rings (SSSR count). The second-order valence-electron chi connectivity index (χ2n) is 11.8. The zero-order valence-corrected chi connectivity index (χ0v) is 23.8. The second-order valence-corrected chi connectivity index (χ2v) is 11.8. The molecule has 42 heavy (non-hydrogen) atoms. The van der Waals surface area contributed by atoms with E-state index in [-0.39, 0.29) is 18.2 Å². The summed E-state index contributed by atoms with van der Waals surface area (Å²) < 4.78 is 6.70. The molecule has 0 saturated heterocycles. The monoisotopic (exact) mass is 542 g/mol. The number of hydrogen-bond acceptors (Lipinski definition) is 3. The second kappa shape index (κ2) is 9.56. The lowest BCUT2D eigenvalue weighted by Gasteiger charge is -2.42. The first-order chi connectivity index (χ1) is 20.6. The van der Waals surface area contributed by atoms with Crippen LogP contribution in [0, 0.1) is 0 Å². The molecule has 5 aromatic carbocycles. The fraction of sp³-hybridized carbons (Fsp3) is 0.105. The Balaban J connectivity index is 1.30. The van der Waals surface area contributed by atoms with Crippen LogP contribution >= 0.6 is 0 Å². The Kier molecular flexibility index (Phi) is 5.65. The summed E-state index contributed by atoms with van der Waals surface area (Å²) in [6, 6.07) is 41.7. The number of allylic oxidation sites excluding steroid dienone is 2. The number of para-hydroxylation sites is 3. The SMILES string of the molecule is CC1(C)c2ccccc2N(c2ccc3c(c2)Oc2ccccc2B3c2ccccc2C2C=CC=CN2)c2ccccc21. The number of ether oxygens (including phenoxy) is 1. The Hall–Kier alpha value is -4.96. The molecule has 0 aromatic heterocycles. The Morgan fingerprint density at radius 3 is 2.05 bits per heavy atom. The normalized spacial score (nSPS) is 17.3. The number of fused-ring (bicyclic) bond motifs is 4. The van der Waals surface area contributed by atoms with Crippen molar-refractivity contribution in [3.05, 3.63) is 156 Å². The van der Waals surface area contributed by atoms with Crippen LogP contribution in [0.1, 0.15) is 36.6 Å². The predicted molar refractivity (Wildman–Crippen MR) is 175 cm³/mol. The van der Waals surface area contributed by atoms with E-state index in [9.17, 15) is 0 Å². The standard InChI is InChI=1S/C38H31BN2O/c1-38(2)28-14-4-8-19-34(28)41(35-20-9-5-15-29(35)38)26-22-23-32-37(25-26)42-36-21-10-7-17-31(36)39(32)30-16-6-3-13-27(30)33-18-11-12-24-40-33/h3-25,33,40H,1-2H3. The topological polar surface area (TPSA) is 24.5 Å². The van der Waals surface area contributed by atoms with Crippen LogP contribution in [-0.4, -0.2) is 6.71 Å². The van der Waals surface area contributed by atoms with Crippen LogP contribution in [0.15, 0.2) is 140 Å². The van der Waals surface area contributed by atoms with Gasteiger partial charge in [-0.25, -0.2) is 0 Å². The van der Waals surface area contributed by atoms with Gasteiger partial charge in [0.15, 0.2) is 0 Å². The van der Waals surface area contributed by atoms with Gasteiger partial charge in [0, 0.05) is 17.2 Å². The van der Waals surface area contributed by atoms with E-state index in [1.807, 2.05) is 12.3 Å². The van der Waals surface area contributed by atoms with E-state index in [0.717, 1.165) is 17.2 Å². The van der Waals surface area contributed by atoms with Crippen molar-refractivity contribution in [2.45, 2.75) is 25.3 Å². The lowest BCUT2D eigenvalue weighted by Crippen LogP contribution is -2.56. The number of anilines is 3. The summed E-state index contributed by atoms with van der Waals surface area (Å²) >= 11 is 0. The van der Waals surface area contributed by atoms with Gasteiger partial charge >= 0.3 is 0 Å². The molecule has 0 radical (unpaired) electrons. The Morgan fingerprint density at radius 2 is 1.31 bits per heavy atom. The van der Waals surface area contributed by atoms with Gasteiger partial charge in [0.05, 0.1) is 17.4 Å². The quantitative estimate of drug-likeness (QED) is 0.241. The summed E-state index contributed by atoms with van der Waals surface area (Å²) in [5, 5.41) is 3.54. The smallest absolute Gasteiger partial charge is 0.251 e. The van der Waals surface area contributed by atoms with Crippen LogP contribution in [0.25, 0.3) is 0 Å². The van der Waals surface area contributed by atoms with Gasteiger partial charge in [-0.15, -0.1) is 0 Å². The predicted octanol–water partition coefficient (Wildman–Crippen LogP) is 7.13. The molecule has 3 heterocycles. The summed E-state index contributed by atoms with van der Waals surface area (Å²) in [5.74, 6) is 1.81. The molecule has 3 nitrogen and oxygen atoms in total. The minimum atomic E-state index is -0.0983. The minimum absolute atomic E-state index is 0.0520. The number of nitrogens with zero attached hydrogens (tertiary/aromatic N) is 1. The molecular weight excluding hydrogens is 511 g/mol. The molecular formula is C38H31BN2O. The van der Waals surface area contributed by atoms with Crippen molar-refractivity contribution in [1.82, 2.24) is 5.32 Å². The summed E-state index contributed by atoms with van der Waals surface area (Å²) in [6.45, 7) is 4.70. The van der Waals surface area contributed by atoms with Crippen LogP contribution in [0.4, 0.5) is 17.1 Å². The molecule has 0 amide bonds. The van der Waals surface area contributed by atoms with Crippen LogP contribution in [0.5, 0.6) is 11.5 Å². The third-order valence-corrected chi connectivity index (χ3v) is 9.08. The van der Waals surface area contributed by atoms with Gasteiger partial charge in [0.25, 0.3) is 6.71 Å². The van der Waals surface area contributed by atoms with E-state index < -0.39 is 0 Å². The van der Waals surface area contributed by atoms with Crippen LogP contribution in [0.3, 0.4) is 0 Å². The largest absolute Gasteiger partial charge is 0.458 e. The van der Waals surface area contributed by atoms with E-state index in [1.54, 1.807) is 0 Å². The van der Waals surface area contributed by atoms with E-state index in [0.29, 0.717) is 0 Å². The molecule has 0 saturated carbocycles. The summed E-state index contributed by atoms with van der Waals surface area (Å²) in [5.41, 5.74) is 11.0. The summed E-state index contributed by atoms with van der Waals surface area (Å²) in [7, 11) is 0. The first kappa shape index (κ1) is 24.8. The van der Waals surface area contributed by atoms with E-state index in [2.05, 4.69) is 151 Å². The molecule has 5 aromatic rings. The fourth-order valence-corrected chi connectivity index (χ4v) is 7.07. The van der Waals surface area contributed by atoms with Crippen LogP contribution in [0.2, 0.25) is 0 Å². The molecule has 0 fully saturated rings. The number of dihydropyridines is 1. The summed E-state index contributed by atoms with van der Waals surface area (Å²) in [4.78, 5) is 2.39. The molecule has 3 aliphatic heterocycles. The fourth-order valence-electron chi connectivity index (χ4n) is 7.07. The molecule has 1 atom stereocenters. The van der Waals surface area contributed by atoms with Gasteiger partial charge in [-0.2, -0.15) is 0 Å². The average molecular weight is 542 g/mol.